The van der Waals surface area contributed by atoms with E-state index < -0.39 is 11.8 Å². The van der Waals surface area contributed by atoms with Gasteiger partial charge in [-0.2, -0.15) is 0 Å². The van der Waals surface area contributed by atoms with Gasteiger partial charge in [0.05, 0.1) is 0 Å². The van der Waals surface area contributed by atoms with Crippen LogP contribution in [0.2, 0.25) is 0 Å². The Labute approximate surface area is 97.6 Å². The molecule has 0 unspecified atom stereocenters. The van der Waals surface area contributed by atoms with E-state index >= 15 is 0 Å². The van der Waals surface area contributed by atoms with Crippen molar-refractivity contribution in [1.82, 2.24) is 5.06 Å². The van der Waals surface area contributed by atoms with Crippen LogP contribution in [-0.4, -0.2) is 17.2 Å². The molecular formula is C13H20NO2. The lowest BCUT2D eigenvalue weighted by atomic mass is 10.1. The highest BCUT2D eigenvalue weighted by Gasteiger charge is 2.30. The van der Waals surface area contributed by atoms with Gasteiger partial charge in [0.2, 0.25) is 0 Å². The van der Waals surface area contributed by atoms with Crippen molar-refractivity contribution in [3.8, 4) is 0 Å². The predicted molar refractivity (Wildman–Crippen MR) is 63.1 cm³/mol. The number of nitrogens with zero attached hydrogens (tertiary/aromatic N) is 1. The van der Waals surface area contributed by atoms with Gasteiger partial charge in [-0.05, 0) is 33.3 Å². The van der Waals surface area contributed by atoms with Gasteiger partial charge in [0, 0.05) is 12.1 Å². The number of ether oxygens (including phenoxy) is 1. The first-order valence-electron chi connectivity index (χ1n) is 5.60. The minimum absolute atomic E-state index is 0.463. The van der Waals surface area contributed by atoms with E-state index in [0.29, 0.717) is 6.61 Å². The molecule has 89 valence electrons. The molecule has 0 amide bonds. The van der Waals surface area contributed by atoms with Crippen molar-refractivity contribution in [1.29, 1.82) is 0 Å². The molecule has 0 spiro atoms. The molecule has 16 heavy (non-hydrogen) atoms. The predicted octanol–water partition coefficient (Wildman–Crippen LogP) is 3.17. The zero-order valence-electron chi connectivity index (χ0n) is 10.4. The number of benzene rings is 1. The lowest BCUT2D eigenvalue weighted by Gasteiger charge is -2.33. The van der Waals surface area contributed by atoms with Crippen LogP contribution in [0, 0.1) is 0 Å². The van der Waals surface area contributed by atoms with Crippen molar-refractivity contribution >= 4 is 0 Å². The summed E-state index contributed by atoms with van der Waals surface area (Å²) in [6, 6.07) is 9.59. The SMILES string of the molecule is CCO[C@H](c1ccccc1)N([O])C(C)(C)C. The summed E-state index contributed by atoms with van der Waals surface area (Å²) in [4.78, 5) is 0. The minimum Gasteiger partial charge on any atom is -0.357 e. The molecular weight excluding hydrogens is 202 g/mol. The van der Waals surface area contributed by atoms with E-state index in [1.165, 1.54) is 0 Å². The second-order valence-electron chi connectivity index (χ2n) is 4.72. The molecule has 0 N–H and O–H groups in total. The molecule has 0 aromatic heterocycles. The van der Waals surface area contributed by atoms with Crippen molar-refractivity contribution in [2.75, 3.05) is 6.61 Å². The molecule has 1 atom stereocenters. The second kappa shape index (κ2) is 5.43. The van der Waals surface area contributed by atoms with Gasteiger partial charge in [0.25, 0.3) is 0 Å². The van der Waals surface area contributed by atoms with Crippen LogP contribution in [0.3, 0.4) is 0 Å². The van der Waals surface area contributed by atoms with Crippen LogP contribution in [-0.2, 0) is 9.94 Å². The van der Waals surface area contributed by atoms with Gasteiger partial charge in [0.15, 0.2) is 6.23 Å². The average molecular weight is 222 g/mol. The molecule has 1 aromatic carbocycles. The number of hydrogen-bond acceptors (Lipinski definition) is 2. The van der Waals surface area contributed by atoms with Crippen LogP contribution in [0.4, 0.5) is 0 Å². The van der Waals surface area contributed by atoms with E-state index in [2.05, 4.69) is 0 Å². The lowest BCUT2D eigenvalue weighted by molar-refractivity contribution is -0.302. The summed E-state index contributed by atoms with van der Waals surface area (Å²) in [5, 5.41) is 13.2. The number of hydrogen-bond donors (Lipinski definition) is 0. The van der Waals surface area contributed by atoms with Gasteiger partial charge in [-0.25, -0.2) is 0 Å². The third kappa shape index (κ3) is 3.30. The molecule has 3 nitrogen and oxygen atoms in total. The molecule has 0 aliphatic carbocycles. The zero-order chi connectivity index (χ0) is 12.2. The Hall–Kier alpha value is -0.900. The zero-order valence-corrected chi connectivity index (χ0v) is 10.4. The van der Waals surface area contributed by atoms with E-state index in [1.54, 1.807) is 0 Å². The lowest BCUT2D eigenvalue weighted by Crippen LogP contribution is -2.41. The van der Waals surface area contributed by atoms with E-state index in [-0.39, 0.29) is 0 Å². The Morgan fingerprint density at radius 2 is 1.81 bits per heavy atom. The molecule has 1 radical (unpaired) electrons. The molecule has 0 saturated carbocycles. The normalized spacial score (nSPS) is 14.1. The number of rotatable bonds is 4. The standard InChI is InChI=1S/C13H20NO2/c1-5-16-12(14(15)13(2,3)4)11-9-7-6-8-10-11/h6-10,12H,5H2,1-4H3/t12-/m1/s1. The summed E-state index contributed by atoms with van der Waals surface area (Å²) in [7, 11) is 0. The van der Waals surface area contributed by atoms with Crippen LogP contribution in [0.15, 0.2) is 30.3 Å². The summed E-state index contributed by atoms with van der Waals surface area (Å²) in [5.74, 6) is 0. The van der Waals surface area contributed by atoms with Gasteiger partial charge in [-0.15, -0.1) is 10.3 Å². The van der Waals surface area contributed by atoms with E-state index in [0.717, 1.165) is 10.6 Å². The third-order valence-electron chi connectivity index (χ3n) is 2.28. The molecule has 0 bridgehead atoms. The minimum atomic E-state index is -0.522. The van der Waals surface area contributed by atoms with Gasteiger partial charge in [0.1, 0.15) is 0 Å². The monoisotopic (exact) mass is 222 g/mol. The topological polar surface area (TPSA) is 32.4 Å². The first-order valence-corrected chi connectivity index (χ1v) is 5.60. The summed E-state index contributed by atoms with van der Waals surface area (Å²) in [5.41, 5.74) is 0.435. The summed E-state index contributed by atoms with van der Waals surface area (Å²) in [6.07, 6.45) is -0.522. The maximum absolute atomic E-state index is 12.1. The van der Waals surface area contributed by atoms with Gasteiger partial charge in [-0.3, -0.25) is 0 Å². The van der Waals surface area contributed by atoms with Crippen molar-refractivity contribution in [2.24, 2.45) is 0 Å². The molecule has 0 heterocycles. The fourth-order valence-electron chi connectivity index (χ4n) is 1.43. The second-order valence-corrected chi connectivity index (χ2v) is 4.72. The Kier molecular flexibility index (Phi) is 4.47. The Bertz CT molecular complexity index is 305. The van der Waals surface area contributed by atoms with Crippen molar-refractivity contribution in [2.45, 2.75) is 39.5 Å². The highest BCUT2D eigenvalue weighted by Crippen LogP contribution is 2.27. The van der Waals surface area contributed by atoms with Gasteiger partial charge >= 0.3 is 0 Å². The van der Waals surface area contributed by atoms with Crippen LogP contribution < -0.4 is 0 Å². The highest BCUT2D eigenvalue weighted by molar-refractivity contribution is 5.17. The van der Waals surface area contributed by atoms with E-state index in [1.807, 2.05) is 58.0 Å². The Morgan fingerprint density at radius 3 is 2.25 bits per heavy atom. The molecule has 0 aliphatic rings. The molecule has 0 aliphatic heterocycles. The molecule has 1 rings (SSSR count). The van der Waals surface area contributed by atoms with Crippen LogP contribution >= 0.6 is 0 Å². The molecule has 1 aromatic rings. The quantitative estimate of drug-likeness (QED) is 0.579. The van der Waals surface area contributed by atoms with Crippen LogP contribution in [0.5, 0.6) is 0 Å². The van der Waals surface area contributed by atoms with Crippen molar-refractivity contribution in [3.63, 3.8) is 0 Å². The highest BCUT2D eigenvalue weighted by atomic mass is 16.6. The summed E-state index contributed by atoms with van der Waals surface area (Å²) < 4.78 is 5.53. The molecule has 0 saturated heterocycles. The third-order valence-corrected chi connectivity index (χ3v) is 2.28. The maximum atomic E-state index is 12.1. The van der Waals surface area contributed by atoms with Crippen molar-refractivity contribution < 1.29 is 9.94 Å². The van der Waals surface area contributed by atoms with Crippen molar-refractivity contribution in [3.05, 3.63) is 35.9 Å². The maximum Gasteiger partial charge on any atom is 0.162 e. The van der Waals surface area contributed by atoms with Gasteiger partial charge in [-0.1, -0.05) is 30.3 Å². The van der Waals surface area contributed by atoms with Gasteiger partial charge < -0.3 is 4.74 Å². The molecule has 0 fully saturated rings. The fraction of sp³-hybridized carbons (Fsp3) is 0.538. The summed E-state index contributed by atoms with van der Waals surface area (Å²) >= 11 is 0. The van der Waals surface area contributed by atoms with Crippen LogP contribution in [0.1, 0.15) is 39.5 Å². The Morgan fingerprint density at radius 1 is 1.25 bits per heavy atom. The van der Waals surface area contributed by atoms with Crippen LogP contribution in [0.25, 0.3) is 0 Å². The molecule has 3 heteroatoms. The summed E-state index contributed by atoms with van der Waals surface area (Å²) in [6.45, 7) is 8.07. The first kappa shape index (κ1) is 13.2. The van der Waals surface area contributed by atoms with E-state index in [9.17, 15) is 5.21 Å². The average Bonchev–Trinajstić information content (AvgIpc) is 2.25. The largest absolute Gasteiger partial charge is 0.357 e. The Balaban J connectivity index is 2.92. The first-order chi connectivity index (χ1) is 7.46. The van der Waals surface area contributed by atoms with E-state index in [4.69, 9.17) is 4.74 Å². The number of hydroxylamine groups is 2. The fourth-order valence-corrected chi connectivity index (χ4v) is 1.43. The smallest absolute Gasteiger partial charge is 0.162 e.